The number of aliphatic hydroxyl groups excluding tert-OH is 2. The first kappa shape index (κ1) is 17.3. The lowest BCUT2D eigenvalue weighted by Gasteiger charge is -2.21. The van der Waals surface area contributed by atoms with Crippen molar-refractivity contribution in [2.45, 2.75) is 19.9 Å². The molecule has 0 fully saturated rings. The second-order valence-corrected chi connectivity index (χ2v) is 5.98. The van der Waals surface area contributed by atoms with Crippen molar-refractivity contribution in [1.29, 1.82) is 0 Å². The van der Waals surface area contributed by atoms with Crippen molar-refractivity contribution in [3.05, 3.63) is 48.0 Å². The lowest BCUT2D eigenvalue weighted by Crippen LogP contribution is -2.30. The van der Waals surface area contributed by atoms with Crippen LogP contribution in [0.3, 0.4) is 0 Å². The smallest absolute Gasteiger partial charge is 0.165 e. The van der Waals surface area contributed by atoms with E-state index >= 15 is 0 Å². The van der Waals surface area contributed by atoms with E-state index in [-0.39, 0.29) is 13.2 Å². The maximum absolute atomic E-state index is 9.24. The van der Waals surface area contributed by atoms with Gasteiger partial charge in [0.1, 0.15) is 6.33 Å². The molecule has 3 aromatic rings. The van der Waals surface area contributed by atoms with Gasteiger partial charge in [-0.3, -0.25) is 0 Å². The number of aliphatic hydroxyl groups is 2. The van der Waals surface area contributed by atoms with Gasteiger partial charge in [0.25, 0.3) is 0 Å². The highest BCUT2D eigenvalue weighted by Gasteiger charge is 2.15. The minimum atomic E-state index is -0.0143. The van der Waals surface area contributed by atoms with Crippen molar-refractivity contribution < 1.29 is 10.2 Å². The number of rotatable bonds is 8. The largest absolute Gasteiger partial charge is 0.395 e. The molecule has 0 amide bonds. The van der Waals surface area contributed by atoms with E-state index in [9.17, 15) is 10.2 Å². The number of benzene rings is 1. The van der Waals surface area contributed by atoms with Gasteiger partial charge in [-0.15, -0.1) is 0 Å². The number of hydrogen-bond donors (Lipinski definition) is 2. The first-order chi connectivity index (χ1) is 12.2. The number of nitrogens with zero attached hydrogens (tertiary/aromatic N) is 5. The summed E-state index contributed by atoms with van der Waals surface area (Å²) in [7, 11) is 0. The third kappa shape index (κ3) is 3.94. The number of fused-ring (bicyclic) bond motifs is 1. The van der Waals surface area contributed by atoms with Crippen LogP contribution < -0.4 is 4.90 Å². The molecule has 7 heteroatoms. The fourth-order valence-corrected chi connectivity index (χ4v) is 2.83. The predicted octanol–water partition coefficient (Wildman–Crippen LogP) is 1.17. The van der Waals surface area contributed by atoms with E-state index in [1.54, 1.807) is 6.33 Å². The summed E-state index contributed by atoms with van der Waals surface area (Å²) >= 11 is 0. The Hall–Kier alpha value is -2.51. The molecule has 0 aliphatic heterocycles. The molecule has 0 saturated heterocycles. The summed E-state index contributed by atoms with van der Waals surface area (Å²) in [6.45, 7) is 3.61. The number of anilines is 1. The third-order valence-corrected chi connectivity index (χ3v) is 4.18. The molecule has 0 bridgehead atoms. The van der Waals surface area contributed by atoms with Crippen LogP contribution >= 0.6 is 0 Å². The molecule has 7 nitrogen and oxygen atoms in total. The van der Waals surface area contributed by atoms with Crippen LogP contribution in [0.2, 0.25) is 0 Å². The fraction of sp³-hybridized carbons (Fsp3) is 0.389. The molecule has 0 spiro atoms. The highest BCUT2D eigenvalue weighted by molar-refractivity contribution is 5.83. The highest BCUT2D eigenvalue weighted by atomic mass is 16.3. The van der Waals surface area contributed by atoms with Gasteiger partial charge in [-0.05, 0) is 18.9 Å². The van der Waals surface area contributed by atoms with E-state index in [2.05, 4.69) is 46.1 Å². The maximum atomic E-state index is 9.24. The van der Waals surface area contributed by atoms with Gasteiger partial charge in [-0.1, -0.05) is 29.8 Å². The minimum absolute atomic E-state index is 0.0143. The Morgan fingerprint density at radius 1 is 1.00 bits per heavy atom. The lowest BCUT2D eigenvalue weighted by atomic mass is 10.1. The monoisotopic (exact) mass is 341 g/mol. The molecular weight excluding hydrogens is 318 g/mol. The number of aromatic nitrogens is 4. The van der Waals surface area contributed by atoms with Gasteiger partial charge in [0, 0.05) is 19.6 Å². The van der Waals surface area contributed by atoms with E-state index in [0.29, 0.717) is 24.4 Å². The molecule has 2 aromatic heterocycles. The van der Waals surface area contributed by atoms with Gasteiger partial charge in [-0.25, -0.2) is 15.0 Å². The molecule has 2 N–H and O–H groups in total. The van der Waals surface area contributed by atoms with Crippen molar-refractivity contribution in [2.75, 3.05) is 31.2 Å². The Bertz CT molecular complexity index is 810. The van der Waals surface area contributed by atoms with E-state index in [1.807, 2.05) is 9.47 Å². The molecular formula is C18H23N5O2. The Morgan fingerprint density at radius 3 is 2.40 bits per heavy atom. The number of imidazole rings is 1. The van der Waals surface area contributed by atoms with E-state index in [1.165, 1.54) is 17.5 Å². The molecule has 0 aliphatic carbocycles. The van der Waals surface area contributed by atoms with E-state index in [0.717, 1.165) is 18.6 Å². The quantitative estimate of drug-likeness (QED) is 0.639. The first-order valence-electron chi connectivity index (χ1n) is 8.41. The molecule has 3 rings (SSSR count). The Morgan fingerprint density at radius 2 is 1.72 bits per heavy atom. The molecule has 132 valence electrons. The third-order valence-electron chi connectivity index (χ3n) is 4.18. The van der Waals surface area contributed by atoms with Crippen LogP contribution in [0, 0.1) is 6.92 Å². The summed E-state index contributed by atoms with van der Waals surface area (Å²) in [5.74, 6) is 0.641. The van der Waals surface area contributed by atoms with Crippen molar-refractivity contribution in [3.63, 3.8) is 0 Å². The lowest BCUT2D eigenvalue weighted by molar-refractivity contribution is 0.281. The minimum Gasteiger partial charge on any atom is -0.395 e. The topological polar surface area (TPSA) is 87.3 Å². The number of hydrogen-bond acceptors (Lipinski definition) is 6. The SMILES string of the molecule is Cc1ccc(CCn2cnc3c(N(CCO)CCO)ncnc32)cc1. The second kappa shape index (κ2) is 8.04. The summed E-state index contributed by atoms with van der Waals surface area (Å²) in [4.78, 5) is 15.0. The molecule has 0 unspecified atom stereocenters. The van der Waals surface area contributed by atoms with Crippen LogP contribution in [-0.4, -0.2) is 56.0 Å². The second-order valence-electron chi connectivity index (χ2n) is 5.98. The van der Waals surface area contributed by atoms with Crippen molar-refractivity contribution in [1.82, 2.24) is 19.5 Å². The summed E-state index contributed by atoms with van der Waals surface area (Å²) < 4.78 is 2.01. The molecule has 0 aliphatic rings. The fourth-order valence-electron chi connectivity index (χ4n) is 2.83. The van der Waals surface area contributed by atoms with Crippen molar-refractivity contribution in [3.8, 4) is 0 Å². The maximum Gasteiger partial charge on any atom is 0.165 e. The van der Waals surface area contributed by atoms with Crippen LogP contribution in [0.25, 0.3) is 11.2 Å². The van der Waals surface area contributed by atoms with Crippen molar-refractivity contribution >= 4 is 17.0 Å². The van der Waals surface area contributed by atoms with Crippen LogP contribution in [0.4, 0.5) is 5.82 Å². The summed E-state index contributed by atoms with van der Waals surface area (Å²) in [6.07, 6.45) is 4.17. The van der Waals surface area contributed by atoms with Gasteiger partial charge in [0.2, 0.25) is 0 Å². The molecule has 0 radical (unpaired) electrons. The summed E-state index contributed by atoms with van der Waals surface area (Å²) in [5, 5.41) is 18.5. The van der Waals surface area contributed by atoms with E-state index in [4.69, 9.17) is 0 Å². The van der Waals surface area contributed by atoms with Crippen LogP contribution in [-0.2, 0) is 13.0 Å². The van der Waals surface area contributed by atoms with Gasteiger partial charge in [0.15, 0.2) is 17.0 Å². The molecule has 0 saturated carbocycles. The zero-order chi connectivity index (χ0) is 17.6. The molecule has 1 aromatic carbocycles. The summed E-state index contributed by atoms with van der Waals surface area (Å²) in [6, 6.07) is 8.50. The normalized spacial score (nSPS) is 11.2. The Kier molecular flexibility index (Phi) is 5.57. The average Bonchev–Trinajstić information content (AvgIpc) is 3.04. The van der Waals surface area contributed by atoms with Crippen LogP contribution in [0.15, 0.2) is 36.9 Å². The summed E-state index contributed by atoms with van der Waals surface area (Å²) in [5.41, 5.74) is 3.97. The van der Waals surface area contributed by atoms with Crippen molar-refractivity contribution in [2.24, 2.45) is 0 Å². The molecule has 0 atom stereocenters. The van der Waals surface area contributed by atoms with Gasteiger partial charge < -0.3 is 19.7 Å². The highest BCUT2D eigenvalue weighted by Crippen LogP contribution is 2.21. The zero-order valence-electron chi connectivity index (χ0n) is 14.3. The number of aryl methyl sites for hydroxylation is 3. The van der Waals surface area contributed by atoms with Crippen LogP contribution in [0.5, 0.6) is 0 Å². The van der Waals surface area contributed by atoms with E-state index < -0.39 is 0 Å². The predicted molar refractivity (Wildman–Crippen MR) is 96.6 cm³/mol. The average molecular weight is 341 g/mol. The molecule has 25 heavy (non-hydrogen) atoms. The first-order valence-corrected chi connectivity index (χ1v) is 8.41. The van der Waals surface area contributed by atoms with Gasteiger partial charge in [0.05, 0.1) is 19.5 Å². The Labute approximate surface area is 146 Å². The van der Waals surface area contributed by atoms with Gasteiger partial charge in [-0.2, -0.15) is 0 Å². The molecule has 2 heterocycles. The standard InChI is InChI=1S/C18H23N5O2/c1-14-2-4-15(5-3-14)6-7-23-13-21-16-17(19-12-20-18(16)23)22(8-10-24)9-11-25/h2-5,12-13,24-25H,6-11H2,1H3. The Balaban J connectivity index is 1.83. The van der Waals surface area contributed by atoms with Crippen LogP contribution in [0.1, 0.15) is 11.1 Å². The zero-order valence-corrected chi connectivity index (χ0v) is 14.3. The van der Waals surface area contributed by atoms with Gasteiger partial charge >= 0.3 is 0 Å².